The van der Waals surface area contributed by atoms with Gasteiger partial charge in [-0.05, 0) is 37.6 Å². The van der Waals surface area contributed by atoms with Gasteiger partial charge in [-0.15, -0.1) is 0 Å². The van der Waals surface area contributed by atoms with Crippen molar-refractivity contribution in [3.63, 3.8) is 0 Å². The standard InChI is InChI=1S/C23H22N2O/c1-17-12-13-22(18(2)16-17)26-15-14-25-21-11-7-6-10-20(21)24-23(25)19-8-4-3-5-9-19/h3-13,16H,14-15H2,1-2H3. The fraction of sp³-hybridized carbons (Fsp3) is 0.174. The number of benzene rings is 3. The average Bonchev–Trinajstić information content (AvgIpc) is 3.03. The first-order valence-corrected chi connectivity index (χ1v) is 8.93. The second-order valence-corrected chi connectivity index (χ2v) is 6.56. The fourth-order valence-electron chi connectivity index (χ4n) is 3.32. The number of imidazole rings is 1. The van der Waals surface area contributed by atoms with Crippen molar-refractivity contribution < 1.29 is 4.74 Å². The minimum atomic E-state index is 0.601. The Hall–Kier alpha value is -3.07. The van der Waals surface area contributed by atoms with Crippen LogP contribution in [0.5, 0.6) is 5.75 Å². The number of nitrogens with zero attached hydrogens (tertiary/aromatic N) is 2. The molecule has 0 aliphatic heterocycles. The molecule has 3 nitrogen and oxygen atoms in total. The number of aromatic nitrogens is 2. The Morgan fingerprint density at radius 2 is 1.65 bits per heavy atom. The summed E-state index contributed by atoms with van der Waals surface area (Å²) in [5, 5.41) is 0. The van der Waals surface area contributed by atoms with Crippen molar-refractivity contribution in [2.75, 3.05) is 6.61 Å². The minimum absolute atomic E-state index is 0.601. The number of para-hydroxylation sites is 2. The zero-order chi connectivity index (χ0) is 17.9. The van der Waals surface area contributed by atoms with Crippen molar-refractivity contribution in [3.05, 3.63) is 83.9 Å². The first kappa shape index (κ1) is 16.4. The second-order valence-electron chi connectivity index (χ2n) is 6.56. The normalized spacial score (nSPS) is 11.0. The smallest absolute Gasteiger partial charge is 0.141 e. The molecule has 0 aliphatic rings. The molecule has 1 heterocycles. The molecule has 3 heteroatoms. The predicted molar refractivity (Wildman–Crippen MR) is 107 cm³/mol. The summed E-state index contributed by atoms with van der Waals surface area (Å²) in [4.78, 5) is 4.85. The van der Waals surface area contributed by atoms with Crippen LogP contribution in [0, 0.1) is 13.8 Å². The zero-order valence-corrected chi connectivity index (χ0v) is 15.1. The highest BCUT2D eigenvalue weighted by molar-refractivity contribution is 5.80. The SMILES string of the molecule is Cc1ccc(OCCn2c(-c3ccccc3)nc3ccccc32)c(C)c1. The van der Waals surface area contributed by atoms with Crippen molar-refractivity contribution in [1.82, 2.24) is 9.55 Å². The van der Waals surface area contributed by atoms with Gasteiger partial charge in [-0.1, -0.05) is 60.2 Å². The summed E-state index contributed by atoms with van der Waals surface area (Å²) in [7, 11) is 0. The molecule has 26 heavy (non-hydrogen) atoms. The van der Waals surface area contributed by atoms with Crippen LogP contribution in [0.4, 0.5) is 0 Å². The van der Waals surface area contributed by atoms with Gasteiger partial charge in [-0.2, -0.15) is 0 Å². The quantitative estimate of drug-likeness (QED) is 0.485. The summed E-state index contributed by atoms with van der Waals surface area (Å²) in [5.41, 5.74) is 5.69. The highest BCUT2D eigenvalue weighted by atomic mass is 16.5. The van der Waals surface area contributed by atoms with Crippen LogP contribution in [0.3, 0.4) is 0 Å². The van der Waals surface area contributed by atoms with Crippen molar-refractivity contribution in [2.24, 2.45) is 0 Å². The third kappa shape index (κ3) is 3.21. The Bertz CT molecular complexity index is 1030. The van der Waals surface area contributed by atoms with E-state index < -0.39 is 0 Å². The molecule has 4 rings (SSSR count). The van der Waals surface area contributed by atoms with Gasteiger partial charge in [0.25, 0.3) is 0 Å². The van der Waals surface area contributed by atoms with E-state index >= 15 is 0 Å². The molecule has 0 bridgehead atoms. The van der Waals surface area contributed by atoms with E-state index in [1.807, 2.05) is 24.3 Å². The Labute approximate surface area is 153 Å². The number of hydrogen-bond donors (Lipinski definition) is 0. The summed E-state index contributed by atoms with van der Waals surface area (Å²) >= 11 is 0. The van der Waals surface area contributed by atoms with Gasteiger partial charge in [0.05, 0.1) is 17.6 Å². The van der Waals surface area contributed by atoms with Gasteiger partial charge in [0.2, 0.25) is 0 Å². The van der Waals surface area contributed by atoms with Crippen LogP contribution >= 0.6 is 0 Å². The molecule has 3 aromatic carbocycles. The first-order valence-electron chi connectivity index (χ1n) is 8.93. The van der Waals surface area contributed by atoms with Crippen LogP contribution < -0.4 is 4.74 Å². The van der Waals surface area contributed by atoms with Crippen LogP contribution in [0.15, 0.2) is 72.8 Å². The largest absolute Gasteiger partial charge is 0.491 e. The van der Waals surface area contributed by atoms with E-state index in [-0.39, 0.29) is 0 Å². The molecule has 0 saturated carbocycles. The minimum Gasteiger partial charge on any atom is -0.491 e. The lowest BCUT2D eigenvalue weighted by molar-refractivity contribution is 0.299. The molecular formula is C23H22N2O. The van der Waals surface area contributed by atoms with Crippen LogP contribution in [-0.4, -0.2) is 16.2 Å². The lowest BCUT2D eigenvalue weighted by Crippen LogP contribution is -2.10. The van der Waals surface area contributed by atoms with E-state index in [1.54, 1.807) is 0 Å². The third-order valence-corrected chi connectivity index (χ3v) is 4.59. The van der Waals surface area contributed by atoms with E-state index in [0.717, 1.165) is 34.7 Å². The Balaban J connectivity index is 1.63. The molecule has 0 saturated heterocycles. The summed E-state index contributed by atoms with van der Waals surface area (Å²) in [6.45, 7) is 5.53. The molecular weight excluding hydrogens is 320 g/mol. The van der Waals surface area contributed by atoms with E-state index in [2.05, 4.69) is 66.9 Å². The Morgan fingerprint density at radius 3 is 2.46 bits per heavy atom. The Kier molecular flexibility index (Phi) is 4.44. The van der Waals surface area contributed by atoms with Gasteiger partial charge < -0.3 is 9.30 Å². The fourth-order valence-corrected chi connectivity index (χ4v) is 3.32. The Morgan fingerprint density at radius 1 is 0.885 bits per heavy atom. The number of rotatable bonds is 5. The molecule has 0 unspecified atom stereocenters. The van der Waals surface area contributed by atoms with Gasteiger partial charge in [0.15, 0.2) is 0 Å². The summed E-state index contributed by atoms with van der Waals surface area (Å²) in [6.07, 6.45) is 0. The summed E-state index contributed by atoms with van der Waals surface area (Å²) in [6, 6.07) is 24.9. The lowest BCUT2D eigenvalue weighted by Gasteiger charge is -2.13. The molecule has 130 valence electrons. The van der Waals surface area contributed by atoms with Crippen molar-refractivity contribution in [1.29, 1.82) is 0 Å². The van der Waals surface area contributed by atoms with Gasteiger partial charge in [-0.3, -0.25) is 0 Å². The number of fused-ring (bicyclic) bond motifs is 1. The predicted octanol–water partition coefficient (Wildman–Crippen LogP) is 5.40. The van der Waals surface area contributed by atoms with Crippen LogP contribution in [0.2, 0.25) is 0 Å². The molecule has 0 fully saturated rings. The molecule has 0 aliphatic carbocycles. The molecule has 0 amide bonds. The molecule has 0 spiro atoms. The van der Waals surface area contributed by atoms with Crippen molar-refractivity contribution in [3.8, 4) is 17.1 Å². The molecule has 4 aromatic rings. The zero-order valence-electron chi connectivity index (χ0n) is 15.1. The number of aryl methyl sites for hydroxylation is 2. The maximum Gasteiger partial charge on any atom is 0.141 e. The lowest BCUT2D eigenvalue weighted by atomic mass is 10.1. The molecule has 1 aromatic heterocycles. The molecule has 0 N–H and O–H groups in total. The van der Waals surface area contributed by atoms with E-state index in [4.69, 9.17) is 9.72 Å². The summed E-state index contributed by atoms with van der Waals surface area (Å²) < 4.78 is 8.30. The third-order valence-electron chi connectivity index (χ3n) is 4.59. The average molecular weight is 342 g/mol. The van der Waals surface area contributed by atoms with E-state index in [1.165, 1.54) is 11.1 Å². The first-order chi connectivity index (χ1) is 12.7. The highest BCUT2D eigenvalue weighted by Gasteiger charge is 2.12. The van der Waals surface area contributed by atoms with Gasteiger partial charge in [-0.25, -0.2) is 4.98 Å². The second kappa shape index (κ2) is 7.04. The number of ether oxygens (including phenoxy) is 1. The van der Waals surface area contributed by atoms with Gasteiger partial charge in [0.1, 0.15) is 18.2 Å². The van der Waals surface area contributed by atoms with E-state index in [0.29, 0.717) is 6.61 Å². The highest BCUT2D eigenvalue weighted by Crippen LogP contribution is 2.25. The van der Waals surface area contributed by atoms with E-state index in [9.17, 15) is 0 Å². The topological polar surface area (TPSA) is 27.1 Å². The summed E-state index contributed by atoms with van der Waals surface area (Å²) in [5.74, 6) is 1.93. The molecule has 0 atom stereocenters. The molecule has 0 radical (unpaired) electrons. The van der Waals surface area contributed by atoms with Gasteiger partial charge >= 0.3 is 0 Å². The van der Waals surface area contributed by atoms with Crippen LogP contribution in [0.25, 0.3) is 22.4 Å². The maximum absolute atomic E-state index is 6.06. The van der Waals surface area contributed by atoms with Crippen molar-refractivity contribution in [2.45, 2.75) is 20.4 Å². The number of hydrogen-bond acceptors (Lipinski definition) is 2. The monoisotopic (exact) mass is 342 g/mol. The van der Waals surface area contributed by atoms with Gasteiger partial charge in [0, 0.05) is 5.56 Å². The van der Waals surface area contributed by atoms with Crippen molar-refractivity contribution >= 4 is 11.0 Å². The maximum atomic E-state index is 6.06. The van der Waals surface area contributed by atoms with Crippen LogP contribution in [-0.2, 0) is 6.54 Å². The van der Waals surface area contributed by atoms with Crippen LogP contribution in [0.1, 0.15) is 11.1 Å².